The molecule has 4 saturated heterocycles. The van der Waals surface area contributed by atoms with Crippen molar-refractivity contribution in [2.24, 2.45) is 0 Å². The number of rotatable bonds is 5. The third-order valence-electron chi connectivity index (χ3n) is 9.81. The lowest BCUT2D eigenvalue weighted by Gasteiger charge is -2.35. The molecule has 3 unspecified atom stereocenters. The number of piperazine rings is 1. The fourth-order valence-corrected chi connectivity index (χ4v) is 8.13. The van der Waals surface area contributed by atoms with Crippen molar-refractivity contribution in [1.29, 1.82) is 0 Å². The van der Waals surface area contributed by atoms with Crippen LogP contribution in [0, 0.1) is 11.6 Å². The van der Waals surface area contributed by atoms with Gasteiger partial charge in [0.15, 0.2) is 5.82 Å². The average Bonchev–Trinajstić information content (AvgIpc) is 3.63. The summed E-state index contributed by atoms with van der Waals surface area (Å²) in [5.74, 6) is -1.25. The summed E-state index contributed by atoms with van der Waals surface area (Å²) in [7, 11) is 0. The van der Waals surface area contributed by atoms with Gasteiger partial charge < -0.3 is 20.1 Å². The van der Waals surface area contributed by atoms with Gasteiger partial charge in [-0.2, -0.15) is 0 Å². The third-order valence-corrected chi connectivity index (χ3v) is 10.2. The quantitative estimate of drug-likeness (QED) is 0.288. The zero-order valence-corrected chi connectivity index (χ0v) is 24.2. The summed E-state index contributed by atoms with van der Waals surface area (Å²) in [6.07, 6.45) is 5.10. The maximum absolute atomic E-state index is 16.7. The molecule has 4 fully saturated rings. The zero-order chi connectivity index (χ0) is 29.5. The fourth-order valence-electron chi connectivity index (χ4n) is 7.85. The highest BCUT2D eigenvalue weighted by Crippen LogP contribution is 2.43. The van der Waals surface area contributed by atoms with E-state index in [4.69, 9.17) is 16.3 Å². The Morgan fingerprint density at radius 1 is 1.12 bits per heavy atom. The minimum Gasteiger partial charge on any atom is -0.508 e. The third kappa shape index (κ3) is 4.48. The predicted molar refractivity (Wildman–Crippen MR) is 160 cm³/mol. The molecule has 2 bridgehead atoms. The molecule has 224 valence electrons. The molecular formula is C32H31ClF3N5O2. The highest BCUT2D eigenvalue weighted by molar-refractivity contribution is 6.37. The van der Waals surface area contributed by atoms with E-state index in [0.717, 1.165) is 51.0 Å². The van der Waals surface area contributed by atoms with Crippen LogP contribution in [0.1, 0.15) is 32.1 Å². The topological polar surface area (TPSA) is 73.8 Å². The van der Waals surface area contributed by atoms with Crippen molar-refractivity contribution in [2.75, 3.05) is 37.7 Å². The van der Waals surface area contributed by atoms with Crippen LogP contribution < -0.4 is 15.0 Å². The van der Waals surface area contributed by atoms with Crippen LogP contribution in [0.5, 0.6) is 11.6 Å². The van der Waals surface area contributed by atoms with E-state index >= 15 is 4.39 Å². The van der Waals surface area contributed by atoms with Gasteiger partial charge in [0, 0.05) is 66.7 Å². The monoisotopic (exact) mass is 609 g/mol. The first-order chi connectivity index (χ1) is 20.8. The summed E-state index contributed by atoms with van der Waals surface area (Å²) in [5, 5.41) is 15.1. The van der Waals surface area contributed by atoms with Crippen molar-refractivity contribution in [1.82, 2.24) is 20.2 Å². The highest BCUT2D eigenvalue weighted by atomic mass is 35.5. The molecule has 4 atom stereocenters. The predicted octanol–water partition coefficient (Wildman–Crippen LogP) is 5.98. The van der Waals surface area contributed by atoms with Crippen LogP contribution in [0.15, 0.2) is 36.5 Å². The average molecular weight is 610 g/mol. The Balaban J connectivity index is 1.26. The fraction of sp³-hybridized carbons (Fsp3) is 0.438. The number of hydrogen-bond acceptors (Lipinski definition) is 7. The van der Waals surface area contributed by atoms with Crippen molar-refractivity contribution < 1.29 is 23.0 Å². The largest absolute Gasteiger partial charge is 0.508 e. The number of pyridine rings is 2. The molecule has 8 rings (SSSR count). The Bertz CT molecular complexity index is 1760. The summed E-state index contributed by atoms with van der Waals surface area (Å²) in [4.78, 5) is 13.5. The van der Waals surface area contributed by atoms with Crippen molar-refractivity contribution in [2.45, 2.75) is 55.9 Å². The summed E-state index contributed by atoms with van der Waals surface area (Å²) < 4.78 is 51.9. The van der Waals surface area contributed by atoms with Crippen LogP contribution in [0.3, 0.4) is 0 Å². The number of benzene rings is 2. The second-order valence-electron chi connectivity index (χ2n) is 12.5. The van der Waals surface area contributed by atoms with E-state index in [1.807, 2.05) is 6.07 Å². The minimum atomic E-state index is -0.889. The molecule has 2 aromatic carbocycles. The number of nitrogens with one attached hydrogen (secondary N) is 1. The van der Waals surface area contributed by atoms with Gasteiger partial charge in [-0.05, 0) is 55.8 Å². The number of aromatic nitrogens is 2. The molecule has 2 N–H and O–H groups in total. The number of aromatic hydroxyl groups is 1. The van der Waals surface area contributed by atoms with Gasteiger partial charge in [0.2, 0.25) is 5.88 Å². The molecule has 11 heteroatoms. The molecule has 6 heterocycles. The Morgan fingerprint density at radius 2 is 1.93 bits per heavy atom. The molecule has 4 aliphatic rings. The Morgan fingerprint density at radius 3 is 2.74 bits per heavy atom. The lowest BCUT2D eigenvalue weighted by atomic mass is 9.95. The summed E-state index contributed by atoms with van der Waals surface area (Å²) in [5.41, 5.74) is 0.510. The molecule has 0 spiro atoms. The first-order valence-corrected chi connectivity index (χ1v) is 15.3. The zero-order valence-electron chi connectivity index (χ0n) is 23.4. The molecular weight excluding hydrogens is 579 g/mol. The highest BCUT2D eigenvalue weighted by Gasteiger charge is 2.49. The van der Waals surface area contributed by atoms with Gasteiger partial charge in [-0.1, -0.05) is 17.7 Å². The first-order valence-electron chi connectivity index (χ1n) is 14.9. The van der Waals surface area contributed by atoms with E-state index in [0.29, 0.717) is 35.8 Å². The number of ether oxygens (including phenoxy) is 1. The number of halogens is 4. The number of phenols is 1. The van der Waals surface area contributed by atoms with Gasteiger partial charge in [0.1, 0.15) is 35.6 Å². The molecule has 2 aromatic heterocycles. The summed E-state index contributed by atoms with van der Waals surface area (Å²) in [6, 6.07) is 7.99. The molecule has 7 nitrogen and oxygen atoms in total. The normalized spacial score (nSPS) is 27.0. The maximum atomic E-state index is 16.7. The molecule has 43 heavy (non-hydrogen) atoms. The van der Waals surface area contributed by atoms with Crippen molar-refractivity contribution >= 4 is 39.0 Å². The molecule has 4 aliphatic heterocycles. The standard InChI is InChI=1S/C32H31ClF3N5O2/c33-28-24(35)5-2-17-8-21(42)9-22(27(17)28)30-29(36)31-23(12-37-30)25(40-14-19-3-4-20(15-40)38-19)10-26(39-31)43-16-32-6-1-7-41(32)13-18(34)11-32/h2,5,8-10,12,18-20,38,42H,1,3-4,6-7,11,13-16H2/t18-,19?,20?,32?/m1/s1. The van der Waals surface area contributed by atoms with Gasteiger partial charge in [-0.3, -0.25) is 9.88 Å². The van der Waals surface area contributed by atoms with Gasteiger partial charge in [-0.15, -0.1) is 0 Å². The van der Waals surface area contributed by atoms with Crippen LogP contribution in [0.2, 0.25) is 5.02 Å². The lowest BCUT2D eigenvalue weighted by molar-refractivity contribution is 0.111. The number of fused-ring (bicyclic) bond motifs is 5. The number of nitrogens with zero attached hydrogens (tertiary/aromatic N) is 4. The SMILES string of the molecule is Oc1cc(-c2ncc3c(N4CC5CCC(C4)N5)cc(OCC45CCCN4C[C@H](F)C5)nc3c2F)c2c(Cl)c(F)ccc2c1. The van der Waals surface area contributed by atoms with E-state index in [1.54, 1.807) is 6.20 Å². The van der Waals surface area contributed by atoms with Gasteiger partial charge in [0.05, 0.1) is 16.2 Å². The van der Waals surface area contributed by atoms with E-state index in [-0.39, 0.29) is 51.0 Å². The Labute approximate surface area is 251 Å². The van der Waals surface area contributed by atoms with Crippen LogP contribution >= 0.6 is 11.6 Å². The minimum absolute atomic E-state index is 0.0583. The maximum Gasteiger partial charge on any atom is 0.216 e. The van der Waals surface area contributed by atoms with Gasteiger partial charge >= 0.3 is 0 Å². The number of anilines is 1. The van der Waals surface area contributed by atoms with Crippen molar-refractivity contribution in [3.63, 3.8) is 0 Å². The molecule has 0 radical (unpaired) electrons. The number of phenolic OH excluding ortho intramolecular Hbond substituents is 1. The lowest BCUT2D eigenvalue weighted by Crippen LogP contribution is -2.51. The molecule has 0 aliphatic carbocycles. The molecule has 0 saturated carbocycles. The van der Waals surface area contributed by atoms with Crippen LogP contribution in [0.25, 0.3) is 32.9 Å². The smallest absolute Gasteiger partial charge is 0.216 e. The van der Waals surface area contributed by atoms with E-state index in [9.17, 15) is 13.9 Å². The van der Waals surface area contributed by atoms with E-state index in [1.165, 1.54) is 24.3 Å². The molecule has 0 amide bonds. The molecule has 4 aromatic rings. The van der Waals surface area contributed by atoms with Crippen LogP contribution in [-0.4, -0.2) is 76.6 Å². The second-order valence-corrected chi connectivity index (χ2v) is 12.9. The van der Waals surface area contributed by atoms with Crippen molar-refractivity contribution in [3.8, 4) is 22.9 Å². The number of hydrogen-bond donors (Lipinski definition) is 2. The first kappa shape index (κ1) is 27.2. The van der Waals surface area contributed by atoms with Gasteiger partial charge in [0.25, 0.3) is 0 Å². The van der Waals surface area contributed by atoms with Crippen LogP contribution in [0.4, 0.5) is 18.9 Å². The van der Waals surface area contributed by atoms with Gasteiger partial charge in [-0.25, -0.2) is 18.2 Å². The van der Waals surface area contributed by atoms with Crippen LogP contribution in [-0.2, 0) is 0 Å². The number of alkyl halides is 1. The summed E-state index contributed by atoms with van der Waals surface area (Å²) >= 11 is 6.36. The summed E-state index contributed by atoms with van der Waals surface area (Å²) in [6.45, 7) is 3.03. The second kappa shape index (κ2) is 10.1. The Hall–Kier alpha value is -3.34. The Kier molecular flexibility index (Phi) is 6.40. The van der Waals surface area contributed by atoms with Crippen molar-refractivity contribution in [3.05, 3.63) is 53.2 Å². The van der Waals surface area contributed by atoms with E-state index in [2.05, 4.69) is 25.1 Å². The van der Waals surface area contributed by atoms with E-state index < -0.39 is 17.8 Å².